The number of piperidine rings is 1. The molecule has 29 heavy (non-hydrogen) atoms. The van der Waals surface area contributed by atoms with Crippen molar-refractivity contribution in [3.8, 4) is 11.4 Å². The van der Waals surface area contributed by atoms with Crippen LogP contribution < -0.4 is 4.90 Å². The maximum atomic E-state index is 5.49. The zero-order valence-corrected chi connectivity index (χ0v) is 17.3. The van der Waals surface area contributed by atoms with E-state index in [4.69, 9.17) is 4.52 Å². The first-order valence-corrected chi connectivity index (χ1v) is 10.5. The van der Waals surface area contributed by atoms with Gasteiger partial charge in [-0.1, -0.05) is 42.4 Å². The Balaban J connectivity index is 1.41. The topological polar surface area (TPSA) is 58.3 Å². The molecule has 1 fully saturated rings. The molecule has 3 aromatic rings. The fourth-order valence-electron chi connectivity index (χ4n) is 3.92. The average Bonchev–Trinajstić information content (AvgIpc) is 3.21. The molecule has 2 aromatic heterocycles. The summed E-state index contributed by atoms with van der Waals surface area (Å²) < 4.78 is 5.49. The zero-order chi connectivity index (χ0) is 20.1. The molecule has 1 aromatic carbocycles. The van der Waals surface area contributed by atoms with E-state index in [9.17, 15) is 0 Å². The van der Waals surface area contributed by atoms with Crippen LogP contribution in [0.15, 0.2) is 53.2 Å². The molecule has 0 spiro atoms. The fraction of sp³-hybridized carbons (Fsp3) is 0.435. The average molecular weight is 392 g/mol. The molecule has 0 aliphatic carbocycles. The van der Waals surface area contributed by atoms with Crippen LogP contribution in [0.1, 0.15) is 38.1 Å². The monoisotopic (exact) mass is 391 g/mol. The molecule has 1 saturated heterocycles. The number of anilines is 1. The van der Waals surface area contributed by atoms with E-state index < -0.39 is 0 Å². The van der Waals surface area contributed by atoms with Gasteiger partial charge in [0, 0.05) is 31.4 Å². The van der Waals surface area contributed by atoms with Gasteiger partial charge in [-0.15, -0.1) is 0 Å². The summed E-state index contributed by atoms with van der Waals surface area (Å²) in [4.78, 5) is 13.9. The number of likely N-dealkylation sites (tertiary alicyclic amines) is 1. The van der Waals surface area contributed by atoms with Gasteiger partial charge in [0.15, 0.2) is 0 Å². The highest BCUT2D eigenvalue weighted by Gasteiger charge is 2.19. The molecule has 0 unspecified atom stereocenters. The smallest absolute Gasteiger partial charge is 0.241 e. The van der Waals surface area contributed by atoms with Crippen LogP contribution in [-0.2, 0) is 13.1 Å². The van der Waals surface area contributed by atoms with Crippen LogP contribution in [0, 0.1) is 5.92 Å². The van der Waals surface area contributed by atoms with Gasteiger partial charge in [-0.05, 0) is 49.9 Å². The van der Waals surface area contributed by atoms with Crippen LogP contribution in [0.3, 0.4) is 0 Å². The lowest BCUT2D eigenvalue weighted by molar-refractivity contribution is 0.157. The fourth-order valence-corrected chi connectivity index (χ4v) is 3.92. The highest BCUT2D eigenvalue weighted by molar-refractivity contribution is 5.56. The summed E-state index contributed by atoms with van der Waals surface area (Å²) in [5.41, 5.74) is 2.15. The Kier molecular flexibility index (Phi) is 6.20. The molecule has 0 amide bonds. The Bertz CT molecular complexity index is 893. The van der Waals surface area contributed by atoms with E-state index in [0.717, 1.165) is 50.0 Å². The highest BCUT2D eigenvalue weighted by atomic mass is 16.5. The van der Waals surface area contributed by atoms with Gasteiger partial charge < -0.3 is 9.42 Å². The minimum atomic E-state index is 0.607. The predicted octanol–water partition coefficient (Wildman–Crippen LogP) is 4.39. The molecule has 0 N–H and O–H groups in total. The van der Waals surface area contributed by atoms with Crippen molar-refractivity contribution < 1.29 is 4.52 Å². The van der Waals surface area contributed by atoms with Crippen LogP contribution in [-0.4, -0.2) is 39.7 Å². The number of benzene rings is 1. The van der Waals surface area contributed by atoms with Gasteiger partial charge >= 0.3 is 0 Å². The summed E-state index contributed by atoms with van der Waals surface area (Å²) in [5.74, 6) is 2.97. The van der Waals surface area contributed by atoms with E-state index >= 15 is 0 Å². The lowest BCUT2D eigenvalue weighted by atomic mass is 10.0. The Labute approximate surface area is 172 Å². The molecule has 1 aliphatic rings. The molecule has 0 bridgehead atoms. The standard InChI is InChI=1S/C23H29N5O/c1-3-28(16-19-9-5-4-6-10-19)21-12-11-20(14-24-21)23-25-22(29-26-23)17-27-13-7-8-18(2)15-27/h4-6,9-12,14,18H,3,7-8,13,15-17H2,1-2H3/t18-/m0/s1. The quantitative estimate of drug-likeness (QED) is 0.595. The largest absolute Gasteiger partial charge is 0.353 e. The van der Waals surface area contributed by atoms with Crippen molar-refractivity contribution in [2.75, 3.05) is 24.5 Å². The maximum Gasteiger partial charge on any atom is 0.241 e. The van der Waals surface area contributed by atoms with E-state index in [1.807, 2.05) is 24.4 Å². The second-order valence-electron chi connectivity index (χ2n) is 7.90. The maximum absolute atomic E-state index is 5.49. The Morgan fingerprint density at radius 1 is 1.17 bits per heavy atom. The van der Waals surface area contributed by atoms with Gasteiger partial charge in [0.05, 0.1) is 6.54 Å². The van der Waals surface area contributed by atoms with Gasteiger partial charge in [-0.2, -0.15) is 4.98 Å². The van der Waals surface area contributed by atoms with Crippen molar-refractivity contribution in [1.82, 2.24) is 20.0 Å². The number of hydrogen-bond donors (Lipinski definition) is 0. The normalized spacial score (nSPS) is 17.4. The SMILES string of the molecule is CCN(Cc1ccccc1)c1ccc(-c2noc(CN3CCC[C@H](C)C3)n2)cn1. The summed E-state index contributed by atoms with van der Waals surface area (Å²) >= 11 is 0. The van der Waals surface area contributed by atoms with Crippen molar-refractivity contribution in [1.29, 1.82) is 0 Å². The van der Waals surface area contributed by atoms with Crippen LogP contribution >= 0.6 is 0 Å². The second kappa shape index (κ2) is 9.18. The molecular formula is C23H29N5O. The number of rotatable bonds is 7. The second-order valence-corrected chi connectivity index (χ2v) is 7.90. The summed E-state index contributed by atoms with van der Waals surface area (Å²) in [7, 11) is 0. The Hall–Kier alpha value is -2.73. The predicted molar refractivity (Wildman–Crippen MR) is 114 cm³/mol. The molecule has 6 heteroatoms. The third-order valence-electron chi connectivity index (χ3n) is 5.50. The van der Waals surface area contributed by atoms with E-state index in [2.05, 4.69) is 63.0 Å². The van der Waals surface area contributed by atoms with Crippen molar-refractivity contribution in [2.24, 2.45) is 5.92 Å². The minimum Gasteiger partial charge on any atom is -0.353 e. The number of pyridine rings is 1. The van der Waals surface area contributed by atoms with E-state index in [1.54, 1.807) is 0 Å². The van der Waals surface area contributed by atoms with Crippen LogP contribution in [0.2, 0.25) is 0 Å². The first-order chi connectivity index (χ1) is 14.2. The third kappa shape index (κ3) is 5.01. The van der Waals surface area contributed by atoms with E-state index in [1.165, 1.54) is 18.4 Å². The van der Waals surface area contributed by atoms with Crippen LogP contribution in [0.4, 0.5) is 5.82 Å². The summed E-state index contributed by atoms with van der Waals surface area (Å²) in [6.45, 7) is 9.10. The highest BCUT2D eigenvalue weighted by Crippen LogP contribution is 2.21. The van der Waals surface area contributed by atoms with E-state index in [-0.39, 0.29) is 0 Å². The summed E-state index contributed by atoms with van der Waals surface area (Å²) in [6.07, 6.45) is 4.38. The molecule has 1 aliphatic heterocycles. The molecule has 0 saturated carbocycles. The number of hydrogen-bond acceptors (Lipinski definition) is 6. The third-order valence-corrected chi connectivity index (χ3v) is 5.50. The summed E-state index contributed by atoms with van der Waals surface area (Å²) in [6, 6.07) is 14.5. The van der Waals surface area contributed by atoms with Gasteiger partial charge in [0.2, 0.25) is 11.7 Å². The Morgan fingerprint density at radius 3 is 2.76 bits per heavy atom. The Morgan fingerprint density at radius 2 is 2.03 bits per heavy atom. The van der Waals surface area contributed by atoms with Crippen molar-refractivity contribution in [3.05, 3.63) is 60.1 Å². The zero-order valence-electron chi connectivity index (χ0n) is 17.3. The molecular weight excluding hydrogens is 362 g/mol. The van der Waals surface area contributed by atoms with Crippen molar-refractivity contribution in [2.45, 2.75) is 39.8 Å². The lowest BCUT2D eigenvalue weighted by Crippen LogP contribution is -2.33. The van der Waals surface area contributed by atoms with Crippen LogP contribution in [0.5, 0.6) is 0 Å². The van der Waals surface area contributed by atoms with Gasteiger partial charge in [-0.25, -0.2) is 4.98 Å². The van der Waals surface area contributed by atoms with E-state index in [0.29, 0.717) is 11.7 Å². The number of nitrogens with zero attached hydrogens (tertiary/aromatic N) is 5. The molecule has 3 heterocycles. The molecule has 1 atom stereocenters. The molecule has 4 rings (SSSR count). The van der Waals surface area contributed by atoms with Gasteiger partial charge in [0.1, 0.15) is 5.82 Å². The van der Waals surface area contributed by atoms with Crippen LogP contribution in [0.25, 0.3) is 11.4 Å². The minimum absolute atomic E-state index is 0.607. The lowest BCUT2D eigenvalue weighted by Gasteiger charge is -2.29. The number of aromatic nitrogens is 3. The molecule has 6 nitrogen and oxygen atoms in total. The first kappa shape index (κ1) is 19.6. The van der Waals surface area contributed by atoms with Crippen molar-refractivity contribution in [3.63, 3.8) is 0 Å². The van der Waals surface area contributed by atoms with Gasteiger partial charge in [-0.3, -0.25) is 4.90 Å². The molecule has 0 radical (unpaired) electrons. The molecule has 152 valence electrons. The first-order valence-electron chi connectivity index (χ1n) is 10.5. The van der Waals surface area contributed by atoms with Gasteiger partial charge in [0.25, 0.3) is 0 Å². The summed E-state index contributed by atoms with van der Waals surface area (Å²) in [5, 5.41) is 4.17. The van der Waals surface area contributed by atoms with Crippen molar-refractivity contribution >= 4 is 5.82 Å².